The average Bonchev–Trinajstić information content (AvgIpc) is 2.96. The molecule has 1 aliphatic heterocycles. The van der Waals surface area contributed by atoms with Gasteiger partial charge in [-0.1, -0.05) is 30.3 Å². The Hall–Kier alpha value is -1.65. The summed E-state index contributed by atoms with van der Waals surface area (Å²) in [4.78, 5) is 16.4. The summed E-state index contributed by atoms with van der Waals surface area (Å²) in [6.45, 7) is 4.66. The minimum Gasteiger partial charge on any atom is -0.352 e. The normalized spacial score (nSPS) is 19.0. The Morgan fingerprint density at radius 3 is 2.86 bits per heavy atom. The lowest BCUT2D eigenvalue weighted by Crippen LogP contribution is -2.46. The Morgan fingerprint density at radius 1 is 1.27 bits per heavy atom. The van der Waals surface area contributed by atoms with Crippen LogP contribution < -0.4 is 5.32 Å². The van der Waals surface area contributed by atoms with E-state index in [0.29, 0.717) is 6.04 Å². The van der Waals surface area contributed by atoms with Crippen LogP contribution in [0, 0.1) is 0 Å². The van der Waals surface area contributed by atoms with Crippen LogP contribution in [0.3, 0.4) is 0 Å². The molecule has 1 atom stereocenters. The number of hydrogen-bond acceptors (Lipinski definition) is 3. The van der Waals surface area contributed by atoms with Crippen molar-refractivity contribution in [1.29, 1.82) is 0 Å². The van der Waals surface area contributed by atoms with E-state index >= 15 is 0 Å². The number of carbonyl (C=O) groups is 1. The van der Waals surface area contributed by atoms with Gasteiger partial charge in [0.2, 0.25) is 5.91 Å². The number of amides is 1. The lowest BCUT2D eigenvalue weighted by Gasteiger charge is -2.32. The van der Waals surface area contributed by atoms with Crippen LogP contribution >= 0.6 is 11.3 Å². The van der Waals surface area contributed by atoms with E-state index in [4.69, 9.17) is 0 Å². The van der Waals surface area contributed by atoms with Crippen molar-refractivity contribution in [3.63, 3.8) is 0 Å². The van der Waals surface area contributed by atoms with Crippen LogP contribution in [0.25, 0.3) is 10.4 Å². The van der Waals surface area contributed by atoms with Crippen LogP contribution in [-0.2, 0) is 11.3 Å². The van der Waals surface area contributed by atoms with Gasteiger partial charge >= 0.3 is 0 Å². The van der Waals surface area contributed by atoms with Crippen molar-refractivity contribution in [3.05, 3.63) is 47.3 Å². The smallest absolute Gasteiger partial charge is 0.217 e. The van der Waals surface area contributed by atoms with Crippen molar-refractivity contribution in [2.75, 3.05) is 13.1 Å². The molecule has 1 N–H and O–H groups in total. The SMILES string of the molecule is CC(=O)NC1CCCN(Cc2ccc(-c3ccccc3)s2)C1. The summed E-state index contributed by atoms with van der Waals surface area (Å²) in [7, 11) is 0. The van der Waals surface area contributed by atoms with E-state index in [1.807, 2.05) is 17.4 Å². The summed E-state index contributed by atoms with van der Waals surface area (Å²) in [6.07, 6.45) is 2.25. The van der Waals surface area contributed by atoms with Gasteiger partial charge in [-0.2, -0.15) is 0 Å². The summed E-state index contributed by atoms with van der Waals surface area (Å²) in [5.41, 5.74) is 1.29. The summed E-state index contributed by atoms with van der Waals surface area (Å²) in [5, 5.41) is 3.05. The second-order valence-electron chi connectivity index (χ2n) is 5.91. The molecule has 4 heteroatoms. The first-order chi connectivity index (χ1) is 10.7. The van der Waals surface area contributed by atoms with Gasteiger partial charge in [-0.3, -0.25) is 9.69 Å². The first kappa shape index (κ1) is 15.3. The minimum atomic E-state index is 0.0781. The fourth-order valence-corrected chi connectivity index (χ4v) is 4.10. The molecule has 116 valence electrons. The van der Waals surface area contributed by atoms with Gasteiger partial charge in [0.25, 0.3) is 0 Å². The first-order valence-corrected chi connectivity index (χ1v) is 8.66. The van der Waals surface area contributed by atoms with Crippen LogP contribution in [0.15, 0.2) is 42.5 Å². The van der Waals surface area contributed by atoms with E-state index in [2.05, 4.69) is 46.6 Å². The molecule has 1 aromatic carbocycles. The molecule has 2 aromatic rings. The molecule has 0 radical (unpaired) electrons. The molecule has 0 saturated carbocycles. The fraction of sp³-hybridized carbons (Fsp3) is 0.389. The number of hydrogen-bond donors (Lipinski definition) is 1. The number of nitrogens with one attached hydrogen (secondary N) is 1. The summed E-state index contributed by atoms with van der Waals surface area (Å²) in [6, 6.07) is 15.3. The number of carbonyl (C=O) groups excluding carboxylic acids is 1. The number of benzene rings is 1. The van der Waals surface area contributed by atoms with Crippen LogP contribution in [0.2, 0.25) is 0 Å². The molecule has 2 heterocycles. The number of nitrogens with zero attached hydrogens (tertiary/aromatic N) is 1. The molecule has 22 heavy (non-hydrogen) atoms. The molecular formula is C18H22N2OS. The standard InChI is InChI=1S/C18H22N2OS/c1-14(21)19-16-8-5-11-20(12-16)13-17-9-10-18(22-17)15-6-3-2-4-7-15/h2-4,6-7,9-10,16H,5,8,11-13H2,1H3,(H,19,21). The molecule has 0 bridgehead atoms. The summed E-state index contributed by atoms with van der Waals surface area (Å²) >= 11 is 1.87. The fourth-order valence-electron chi connectivity index (χ4n) is 3.05. The van der Waals surface area contributed by atoms with E-state index in [-0.39, 0.29) is 5.91 Å². The summed E-state index contributed by atoms with van der Waals surface area (Å²) in [5.74, 6) is 0.0781. The van der Waals surface area contributed by atoms with Crippen LogP contribution in [0.5, 0.6) is 0 Å². The third kappa shape index (κ3) is 3.96. The van der Waals surface area contributed by atoms with Crippen LogP contribution in [0.4, 0.5) is 0 Å². The Labute approximate surface area is 136 Å². The van der Waals surface area contributed by atoms with Crippen LogP contribution in [0.1, 0.15) is 24.6 Å². The maximum atomic E-state index is 11.2. The molecular weight excluding hydrogens is 292 g/mol. The molecule has 1 aliphatic rings. The van der Waals surface area contributed by atoms with Gasteiger partial charge in [0.1, 0.15) is 0 Å². The third-order valence-corrected chi connectivity index (χ3v) is 5.13. The lowest BCUT2D eigenvalue weighted by atomic mass is 10.1. The van der Waals surface area contributed by atoms with Crippen molar-refractivity contribution < 1.29 is 4.79 Å². The zero-order valence-corrected chi connectivity index (χ0v) is 13.7. The van der Waals surface area contributed by atoms with E-state index < -0.39 is 0 Å². The summed E-state index contributed by atoms with van der Waals surface area (Å²) < 4.78 is 0. The van der Waals surface area contributed by atoms with Crippen molar-refractivity contribution in [2.24, 2.45) is 0 Å². The maximum Gasteiger partial charge on any atom is 0.217 e. The van der Waals surface area contributed by atoms with E-state index in [9.17, 15) is 4.79 Å². The molecule has 1 unspecified atom stereocenters. The third-order valence-electron chi connectivity index (χ3n) is 4.01. The molecule has 1 aromatic heterocycles. The number of rotatable bonds is 4. The average molecular weight is 314 g/mol. The van der Waals surface area contributed by atoms with Crippen molar-refractivity contribution in [2.45, 2.75) is 32.4 Å². The van der Waals surface area contributed by atoms with Gasteiger partial charge in [-0.25, -0.2) is 0 Å². The van der Waals surface area contributed by atoms with Gasteiger partial charge in [-0.05, 0) is 37.1 Å². The quantitative estimate of drug-likeness (QED) is 0.936. The van der Waals surface area contributed by atoms with E-state index in [1.54, 1.807) is 6.92 Å². The highest BCUT2D eigenvalue weighted by Gasteiger charge is 2.20. The van der Waals surface area contributed by atoms with E-state index in [1.165, 1.54) is 15.3 Å². The molecule has 1 saturated heterocycles. The highest BCUT2D eigenvalue weighted by Crippen LogP contribution is 2.29. The maximum absolute atomic E-state index is 11.2. The second kappa shape index (κ2) is 7.07. The Bertz CT molecular complexity index is 623. The lowest BCUT2D eigenvalue weighted by molar-refractivity contribution is -0.120. The minimum absolute atomic E-state index is 0.0781. The van der Waals surface area contributed by atoms with Gasteiger partial charge in [0.15, 0.2) is 0 Å². The van der Waals surface area contributed by atoms with Crippen molar-refractivity contribution >= 4 is 17.2 Å². The highest BCUT2D eigenvalue weighted by molar-refractivity contribution is 7.15. The zero-order chi connectivity index (χ0) is 15.4. The predicted octanol–water partition coefficient (Wildman–Crippen LogP) is 3.52. The second-order valence-corrected chi connectivity index (χ2v) is 7.08. The van der Waals surface area contributed by atoms with Crippen molar-refractivity contribution in [3.8, 4) is 10.4 Å². The first-order valence-electron chi connectivity index (χ1n) is 7.84. The van der Waals surface area contributed by atoms with Gasteiger partial charge in [-0.15, -0.1) is 11.3 Å². The molecule has 0 aliphatic carbocycles. The van der Waals surface area contributed by atoms with Gasteiger partial charge < -0.3 is 5.32 Å². The van der Waals surface area contributed by atoms with Gasteiger partial charge in [0.05, 0.1) is 0 Å². The number of thiophene rings is 1. The monoisotopic (exact) mass is 314 g/mol. The van der Waals surface area contributed by atoms with Crippen molar-refractivity contribution in [1.82, 2.24) is 10.2 Å². The Kier molecular flexibility index (Phi) is 4.90. The number of likely N-dealkylation sites (tertiary alicyclic amines) is 1. The molecule has 0 spiro atoms. The topological polar surface area (TPSA) is 32.3 Å². The molecule has 1 amide bonds. The molecule has 1 fully saturated rings. The predicted molar refractivity (Wildman–Crippen MR) is 91.9 cm³/mol. The molecule has 3 nitrogen and oxygen atoms in total. The van der Waals surface area contributed by atoms with E-state index in [0.717, 1.165) is 32.5 Å². The van der Waals surface area contributed by atoms with Gasteiger partial charge in [0, 0.05) is 35.8 Å². The van der Waals surface area contributed by atoms with Crippen LogP contribution in [-0.4, -0.2) is 29.9 Å². The largest absolute Gasteiger partial charge is 0.352 e. The Balaban J connectivity index is 1.61. The highest BCUT2D eigenvalue weighted by atomic mass is 32.1. The molecule has 3 rings (SSSR count). The Morgan fingerprint density at radius 2 is 2.09 bits per heavy atom. The number of piperidine rings is 1. The zero-order valence-electron chi connectivity index (χ0n) is 12.9.